The Morgan fingerprint density at radius 1 is 1.05 bits per heavy atom. The van der Waals surface area contributed by atoms with Gasteiger partial charge < -0.3 is 13.3 Å². The van der Waals surface area contributed by atoms with Crippen molar-refractivity contribution in [2.75, 3.05) is 19.8 Å². The second kappa shape index (κ2) is 6.53. The molecule has 19 heavy (non-hydrogen) atoms. The minimum Gasteiger partial charge on any atom is -0.374 e. The van der Waals surface area contributed by atoms with Gasteiger partial charge in [-0.15, -0.1) is 0 Å². The second-order valence-electron chi connectivity index (χ2n) is 5.51. The molecule has 3 unspecified atom stereocenters. The van der Waals surface area contributed by atoms with Gasteiger partial charge in [0, 0.05) is 25.4 Å². The van der Waals surface area contributed by atoms with Crippen LogP contribution in [0.1, 0.15) is 47.0 Å². The highest BCUT2D eigenvalue weighted by atomic mass is 28.4. The molecule has 2 bridgehead atoms. The molecule has 2 fully saturated rings. The first-order valence-electron chi connectivity index (χ1n) is 7.77. The van der Waals surface area contributed by atoms with E-state index in [0.717, 1.165) is 5.92 Å². The first-order valence-corrected chi connectivity index (χ1v) is 9.57. The van der Waals surface area contributed by atoms with Crippen molar-refractivity contribution in [2.24, 2.45) is 11.8 Å². The van der Waals surface area contributed by atoms with Crippen molar-refractivity contribution in [1.82, 2.24) is 0 Å². The van der Waals surface area contributed by atoms with Crippen LogP contribution in [-0.4, -0.2) is 28.6 Å². The van der Waals surface area contributed by atoms with Crippen LogP contribution in [0.4, 0.5) is 0 Å². The lowest BCUT2D eigenvalue weighted by Gasteiger charge is -2.37. The molecular formula is C15H28O3Si. The van der Waals surface area contributed by atoms with E-state index < -0.39 is 8.80 Å². The van der Waals surface area contributed by atoms with Crippen molar-refractivity contribution in [3.05, 3.63) is 11.6 Å². The highest BCUT2D eigenvalue weighted by molar-refractivity contribution is 6.62. The summed E-state index contributed by atoms with van der Waals surface area (Å²) in [5.41, 5.74) is 2.16. The topological polar surface area (TPSA) is 27.7 Å². The minimum absolute atomic E-state index is 0.515. The number of hydrogen-bond acceptors (Lipinski definition) is 3. The van der Waals surface area contributed by atoms with Gasteiger partial charge in [0.15, 0.2) is 0 Å². The fourth-order valence-electron chi connectivity index (χ4n) is 3.96. The van der Waals surface area contributed by atoms with Gasteiger partial charge in [0.2, 0.25) is 0 Å². The summed E-state index contributed by atoms with van der Waals surface area (Å²) >= 11 is 0. The van der Waals surface area contributed by atoms with Gasteiger partial charge >= 0.3 is 8.80 Å². The van der Waals surface area contributed by atoms with Crippen LogP contribution < -0.4 is 0 Å². The average molecular weight is 284 g/mol. The maximum Gasteiger partial charge on any atom is 0.504 e. The molecule has 0 saturated heterocycles. The van der Waals surface area contributed by atoms with Crippen LogP contribution in [-0.2, 0) is 13.3 Å². The normalized spacial score (nSPS) is 32.4. The molecule has 0 heterocycles. The second-order valence-corrected chi connectivity index (χ2v) is 8.32. The van der Waals surface area contributed by atoms with E-state index in [9.17, 15) is 0 Å². The van der Waals surface area contributed by atoms with Crippen molar-refractivity contribution in [3.63, 3.8) is 0 Å². The average Bonchev–Trinajstić information content (AvgIpc) is 2.99. The maximum atomic E-state index is 6.09. The van der Waals surface area contributed by atoms with E-state index in [2.05, 4.69) is 13.0 Å². The summed E-state index contributed by atoms with van der Waals surface area (Å²) in [6, 6.07) is 0. The van der Waals surface area contributed by atoms with Crippen LogP contribution in [0.25, 0.3) is 0 Å². The Morgan fingerprint density at radius 3 is 2.00 bits per heavy atom. The number of allylic oxidation sites excluding steroid dienone is 2. The molecule has 2 aliphatic rings. The third-order valence-electron chi connectivity index (χ3n) is 4.58. The van der Waals surface area contributed by atoms with Gasteiger partial charge in [-0.3, -0.25) is 0 Å². The van der Waals surface area contributed by atoms with Gasteiger partial charge in [0.1, 0.15) is 0 Å². The zero-order valence-electron chi connectivity index (χ0n) is 12.8. The van der Waals surface area contributed by atoms with Crippen molar-refractivity contribution in [2.45, 2.75) is 52.5 Å². The Balaban J connectivity index is 2.16. The molecule has 0 radical (unpaired) electrons. The Kier molecular flexibility index (Phi) is 5.23. The molecule has 2 saturated carbocycles. The lowest BCUT2D eigenvalue weighted by Crippen LogP contribution is -2.52. The van der Waals surface area contributed by atoms with E-state index in [4.69, 9.17) is 13.3 Å². The molecule has 4 heteroatoms. The molecule has 110 valence electrons. The van der Waals surface area contributed by atoms with E-state index in [-0.39, 0.29) is 0 Å². The van der Waals surface area contributed by atoms with E-state index in [1.165, 1.54) is 19.3 Å². The molecule has 0 N–H and O–H groups in total. The van der Waals surface area contributed by atoms with Crippen molar-refractivity contribution >= 4 is 8.80 Å². The molecule has 0 amide bonds. The summed E-state index contributed by atoms with van der Waals surface area (Å²) in [5, 5.41) is 0. The van der Waals surface area contributed by atoms with Gasteiger partial charge in [-0.1, -0.05) is 11.6 Å². The molecule has 0 aliphatic heterocycles. The summed E-state index contributed by atoms with van der Waals surface area (Å²) < 4.78 is 18.3. The molecule has 0 aromatic carbocycles. The quantitative estimate of drug-likeness (QED) is 0.526. The van der Waals surface area contributed by atoms with Gasteiger partial charge in [0.25, 0.3) is 0 Å². The summed E-state index contributed by atoms with van der Waals surface area (Å²) in [4.78, 5) is 0. The SMILES string of the molecule is C/C=C1\CC2CC1CC2[Si](OCC)(OCC)OCC. The number of hydrogen-bond donors (Lipinski definition) is 0. The Morgan fingerprint density at radius 2 is 1.63 bits per heavy atom. The summed E-state index contributed by atoms with van der Waals surface area (Å²) in [7, 11) is -2.49. The van der Waals surface area contributed by atoms with Gasteiger partial charge in [-0.05, 0) is 58.8 Å². The molecule has 2 aliphatic carbocycles. The van der Waals surface area contributed by atoms with Crippen LogP contribution in [0.3, 0.4) is 0 Å². The van der Waals surface area contributed by atoms with E-state index >= 15 is 0 Å². The van der Waals surface area contributed by atoms with Gasteiger partial charge in [-0.25, -0.2) is 0 Å². The summed E-state index contributed by atoms with van der Waals surface area (Å²) in [5.74, 6) is 1.47. The van der Waals surface area contributed by atoms with Crippen molar-refractivity contribution in [3.8, 4) is 0 Å². The van der Waals surface area contributed by atoms with Crippen molar-refractivity contribution in [1.29, 1.82) is 0 Å². The van der Waals surface area contributed by atoms with Gasteiger partial charge in [-0.2, -0.15) is 0 Å². The highest BCUT2D eigenvalue weighted by Crippen LogP contribution is 2.58. The molecule has 0 aromatic heterocycles. The monoisotopic (exact) mass is 284 g/mol. The third-order valence-corrected chi connectivity index (χ3v) is 8.27. The number of fused-ring (bicyclic) bond motifs is 2. The summed E-state index contributed by atoms with van der Waals surface area (Å²) in [6.07, 6.45) is 6.06. The van der Waals surface area contributed by atoms with Crippen LogP contribution in [0.15, 0.2) is 11.6 Å². The maximum absolute atomic E-state index is 6.09. The Labute approximate surface area is 118 Å². The molecule has 0 aromatic rings. The third kappa shape index (κ3) is 2.82. The number of rotatable bonds is 7. The fourth-order valence-corrected chi connectivity index (χ4v) is 7.46. The smallest absolute Gasteiger partial charge is 0.374 e. The molecule has 3 atom stereocenters. The zero-order valence-corrected chi connectivity index (χ0v) is 13.8. The first kappa shape index (κ1) is 15.2. The lowest BCUT2D eigenvalue weighted by molar-refractivity contribution is 0.0552. The van der Waals surface area contributed by atoms with Crippen LogP contribution in [0.2, 0.25) is 5.54 Å². The molecule has 0 spiro atoms. The molecular weight excluding hydrogens is 256 g/mol. The minimum atomic E-state index is -2.49. The summed E-state index contributed by atoms with van der Waals surface area (Å²) in [6.45, 7) is 10.4. The lowest BCUT2D eigenvalue weighted by atomic mass is 9.94. The highest BCUT2D eigenvalue weighted by Gasteiger charge is 2.58. The fraction of sp³-hybridized carbons (Fsp3) is 0.867. The van der Waals surface area contributed by atoms with E-state index in [1.807, 2.05) is 20.8 Å². The largest absolute Gasteiger partial charge is 0.504 e. The Bertz CT molecular complexity index is 312. The standard InChI is InChI=1S/C15H28O3Si/c1-5-12-9-14-10-13(12)11-15(14)19(16-6-2,17-7-3)18-8-4/h5,13-15H,6-11H2,1-4H3/b12-5+. The van der Waals surface area contributed by atoms with Gasteiger partial charge in [0.05, 0.1) is 0 Å². The van der Waals surface area contributed by atoms with Crippen LogP contribution in [0, 0.1) is 11.8 Å². The predicted molar refractivity (Wildman–Crippen MR) is 79.0 cm³/mol. The Hall–Kier alpha value is -0.163. The van der Waals surface area contributed by atoms with Crippen LogP contribution >= 0.6 is 0 Å². The molecule has 3 nitrogen and oxygen atoms in total. The zero-order chi connectivity index (χ0) is 13.9. The van der Waals surface area contributed by atoms with Crippen LogP contribution in [0.5, 0.6) is 0 Å². The molecule has 2 rings (SSSR count). The van der Waals surface area contributed by atoms with E-state index in [1.54, 1.807) is 5.57 Å². The van der Waals surface area contributed by atoms with Crippen molar-refractivity contribution < 1.29 is 13.3 Å². The predicted octanol–water partition coefficient (Wildman–Crippen LogP) is 3.78. The first-order chi connectivity index (χ1) is 9.20. The van der Waals surface area contributed by atoms with E-state index in [0.29, 0.717) is 31.3 Å².